The van der Waals surface area contributed by atoms with Crippen LogP contribution in [0.5, 0.6) is 0 Å². The van der Waals surface area contributed by atoms with Crippen LogP contribution in [0.1, 0.15) is 23.6 Å². The summed E-state index contributed by atoms with van der Waals surface area (Å²) in [6, 6.07) is 32.1. The van der Waals surface area contributed by atoms with Gasteiger partial charge in [0.05, 0.1) is 23.0 Å². The van der Waals surface area contributed by atoms with Gasteiger partial charge in [-0.2, -0.15) is 4.31 Å². The lowest BCUT2D eigenvalue weighted by Gasteiger charge is -2.36. The average molecular weight is 573 g/mol. The van der Waals surface area contributed by atoms with Gasteiger partial charge in [-0.1, -0.05) is 84.6 Å². The lowest BCUT2D eigenvalue weighted by atomic mass is 9.92. The summed E-state index contributed by atoms with van der Waals surface area (Å²) in [7, 11) is -3.86. The van der Waals surface area contributed by atoms with Crippen molar-refractivity contribution in [2.24, 2.45) is 0 Å². The van der Waals surface area contributed by atoms with E-state index >= 15 is 0 Å². The van der Waals surface area contributed by atoms with E-state index in [2.05, 4.69) is 5.32 Å². The van der Waals surface area contributed by atoms with E-state index in [4.69, 9.17) is 4.74 Å². The van der Waals surface area contributed by atoms with Gasteiger partial charge >= 0.3 is 5.97 Å². The number of ether oxygens (including phenoxy) is 1. The molecular weight excluding hydrogens is 544 g/mol. The van der Waals surface area contributed by atoms with Crippen molar-refractivity contribution in [2.75, 3.05) is 18.5 Å². The van der Waals surface area contributed by atoms with Crippen molar-refractivity contribution in [1.29, 1.82) is 0 Å². The van der Waals surface area contributed by atoms with Gasteiger partial charge in [0.2, 0.25) is 10.0 Å². The lowest BCUT2D eigenvalue weighted by molar-refractivity contribution is -0.148. The molecule has 1 aliphatic rings. The number of anilines is 1. The monoisotopic (exact) mass is 572 g/mol. The Labute approximate surface area is 238 Å². The first kappa shape index (κ1) is 27.6. The fourth-order valence-electron chi connectivity index (χ4n) is 4.68. The number of sulfonamides is 1. The van der Waals surface area contributed by atoms with Crippen LogP contribution in [0, 0.1) is 0 Å². The van der Waals surface area contributed by atoms with Gasteiger partial charge in [-0.3, -0.25) is 9.59 Å². The van der Waals surface area contributed by atoms with Crippen LogP contribution in [0.4, 0.5) is 5.69 Å². The van der Waals surface area contributed by atoms with Crippen LogP contribution in [-0.4, -0.2) is 37.8 Å². The Morgan fingerprint density at radius 1 is 0.850 bits per heavy atom. The zero-order valence-corrected chi connectivity index (χ0v) is 23.2. The average Bonchev–Trinajstić information content (AvgIpc) is 2.98. The van der Waals surface area contributed by atoms with E-state index in [1.165, 1.54) is 16.1 Å². The second-order valence-electron chi connectivity index (χ2n) is 9.22. The van der Waals surface area contributed by atoms with Crippen molar-refractivity contribution in [3.63, 3.8) is 0 Å². The quantitative estimate of drug-likeness (QED) is 0.259. The van der Waals surface area contributed by atoms with E-state index in [1.807, 2.05) is 72.8 Å². The molecule has 0 radical (unpaired) electrons. The first-order valence-electron chi connectivity index (χ1n) is 12.8. The summed E-state index contributed by atoms with van der Waals surface area (Å²) < 4.78 is 33.8. The number of nitrogens with one attached hydrogen (secondary N) is 1. The SMILES string of the molecule is O=C(COC(=O)CC1c2ccccc2CCN1S(=O)(=O)c1ccccc1)Nc1ccccc1Sc1ccccc1. The topological polar surface area (TPSA) is 92.8 Å². The minimum atomic E-state index is -3.86. The Hall–Kier alpha value is -3.92. The van der Waals surface area contributed by atoms with E-state index in [-0.39, 0.29) is 17.9 Å². The van der Waals surface area contributed by atoms with Gasteiger partial charge in [0, 0.05) is 16.3 Å². The van der Waals surface area contributed by atoms with Gasteiger partial charge in [0.15, 0.2) is 6.61 Å². The van der Waals surface area contributed by atoms with Crippen LogP contribution in [0.25, 0.3) is 0 Å². The maximum absolute atomic E-state index is 13.5. The van der Waals surface area contributed by atoms with E-state index in [0.29, 0.717) is 12.1 Å². The summed E-state index contributed by atoms with van der Waals surface area (Å²) in [5, 5.41) is 2.82. The first-order chi connectivity index (χ1) is 19.4. The highest BCUT2D eigenvalue weighted by Crippen LogP contribution is 2.37. The molecule has 1 N–H and O–H groups in total. The van der Waals surface area contributed by atoms with Crippen LogP contribution in [0.3, 0.4) is 0 Å². The predicted molar refractivity (Wildman–Crippen MR) is 154 cm³/mol. The zero-order valence-electron chi connectivity index (χ0n) is 21.6. The summed E-state index contributed by atoms with van der Waals surface area (Å²) in [5.74, 6) is -1.13. The van der Waals surface area contributed by atoms with Crippen molar-refractivity contribution in [3.8, 4) is 0 Å². The molecule has 0 aliphatic carbocycles. The number of amides is 1. The Kier molecular flexibility index (Phi) is 8.64. The third-order valence-electron chi connectivity index (χ3n) is 6.57. The molecule has 1 amide bonds. The van der Waals surface area contributed by atoms with Crippen molar-refractivity contribution in [2.45, 2.75) is 33.6 Å². The van der Waals surface area contributed by atoms with Crippen LogP contribution < -0.4 is 5.32 Å². The largest absolute Gasteiger partial charge is 0.456 e. The number of hydrogen-bond acceptors (Lipinski definition) is 6. The zero-order chi connectivity index (χ0) is 28.0. The smallest absolute Gasteiger partial charge is 0.308 e. The van der Waals surface area contributed by atoms with Gasteiger partial charge in [0.25, 0.3) is 5.91 Å². The predicted octanol–water partition coefficient (Wildman–Crippen LogP) is 5.70. The second-order valence-corrected chi connectivity index (χ2v) is 12.2. The van der Waals surface area contributed by atoms with Gasteiger partial charge in [-0.05, 0) is 53.9 Å². The molecule has 0 bridgehead atoms. The highest BCUT2D eigenvalue weighted by Gasteiger charge is 2.37. The second kappa shape index (κ2) is 12.5. The van der Waals surface area contributed by atoms with Crippen molar-refractivity contribution in [3.05, 3.63) is 120 Å². The molecule has 0 fully saturated rings. The van der Waals surface area contributed by atoms with E-state index in [0.717, 1.165) is 20.9 Å². The summed E-state index contributed by atoms with van der Waals surface area (Å²) in [6.07, 6.45) is 0.327. The molecule has 40 heavy (non-hydrogen) atoms. The molecule has 4 aromatic carbocycles. The summed E-state index contributed by atoms with van der Waals surface area (Å²) in [5.41, 5.74) is 2.37. The molecule has 5 rings (SSSR count). The Morgan fingerprint density at radius 3 is 2.27 bits per heavy atom. The Bertz CT molecular complexity index is 1590. The number of fused-ring (bicyclic) bond motifs is 1. The molecule has 1 unspecified atom stereocenters. The summed E-state index contributed by atoms with van der Waals surface area (Å²) in [6.45, 7) is -0.245. The normalized spacial score (nSPS) is 15.2. The van der Waals surface area contributed by atoms with Crippen molar-refractivity contribution in [1.82, 2.24) is 4.31 Å². The fourth-order valence-corrected chi connectivity index (χ4v) is 7.23. The number of nitrogens with zero attached hydrogens (tertiary/aromatic N) is 1. The van der Waals surface area contributed by atoms with Crippen LogP contribution in [0.2, 0.25) is 0 Å². The highest BCUT2D eigenvalue weighted by molar-refractivity contribution is 7.99. The standard InChI is InChI=1S/C31H28N2O5S2/c34-30(32-27-17-9-10-18-29(27)39-24-12-3-1-4-13-24)22-38-31(35)21-28-26-16-8-7-11-23(26)19-20-33(28)40(36,37)25-14-5-2-6-15-25/h1-18,28H,19-22H2,(H,32,34). The van der Waals surface area contributed by atoms with Gasteiger partial charge in [-0.15, -0.1) is 0 Å². The number of esters is 1. The maximum atomic E-state index is 13.5. The first-order valence-corrected chi connectivity index (χ1v) is 15.1. The number of carbonyl (C=O) groups excluding carboxylic acids is 2. The Balaban J connectivity index is 1.26. The Morgan fingerprint density at radius 2 is 1.50 bits per heavy atom. The molecule has 1 atom stereocenters. The number of hydrogen-bond donors (Lipinski definition) is 1. The molecule has 1 aliphatic heterocycles. The van der Waals surface area contributed by atoms with E-state index in [9.17, 15) is 18.0 Å². The summed E-state index contributed by atoms with van der Waals surface area (Å²) >= 11 is 1.51. The molecule has 0 saturated carbocycles. The summed E-state index contributed by atoms with van der Waals surface area (Å²) in [4.78, 5) is 27.7. The number of benzene rings is 4. The molecule has 7 nitrogen and oxygen atoms in total. The van der Waals surface area contributed by atoms with Gasteiger partial charge in [-0.25, -0.2) is 8.42 Å². The van der Waals surface area contributed by atoms with Crippen molar-refractivity contribution < 1.29 is 22.7 Å². The van der Waals surface area contributed by atoms with E-state index < -0.39 is 34.5 Å². The molecule has 9 heteroatoms. The van der Waals surface area contributed by atoms with Crippen molar-refractivity contribution >= 4 is 39.3 Å². The lowest BCUT2D eigenvalue weighted by Crippen LogP contribution is -2.41. The number of rotatable bonds is 9. The third-order valence-corrected chi connectivity index (χ3v) is 9.58. The number of carbonyl (C=O) groups is 2. The maximum Gasteiger partial charge on any atom is 0.308 e. The minimum absolute atomic E-state index is 0.166. The van der Waals surface area contributed by atoms with E-state index in [1.54, 1.807) is 36.4 Å². The minimum Gasteiger partial charge on any atom is -0.456 e. The van der Waals surface area contributed by atoms with Gasteiger partial charge < -0.3 is 10.1 Å². The number of para-hydroxylation sites is 1. The molecule has 204 valence electrons. The van der Waals surface area contributed by atoms with Crippen LogP contribution in [0.15, 0.2) is 124 Å². The molecule has 4 aromatic rings. The van der Waals surface area contributed by atoms with Gasteiger partial charge in [0.1, 0.15) is 0 Å². The molecule has 0 spiro atoms. The molecular formula is C31H28N2O5S2. The molecule has 0 aromatic heterocycles. The molecule has 1 heterocycles. The van der Waals surface area contributed by atoms with Crippen LogP contribution in [-0.2, 0) is 30.8 Å². The third kappa shape index (κ3) is 6.44. The fraction of sp³-hybridized carbons (Fsp3) is 0.161. The molecule has 0 saturated heterocycles. The highest BCUT2D eigenvalue weighted by atomic mass is 32.2. The van der Waals surface area contributed by atoms with Crippen LogP contribution >= 0.6 is 11.8 Å².